The number of alkyl halides is 3. The third-order valence-electron chi connectivity index (χ3n) is 6.78. The SMILES string of the molecule is CC(=O)c1ccc2c(c1)N(CCCCN1CCN(c3cc(C(F)(F)F)nc(C(C)(C)C)n3)CC1)C(=O)CO2. The van der Waals surface area contributed by atoms with E-state index < -0.39 is 17.3 Å². The molecule has 0 radical (unpaired) electrons. The van der Waals surface area contributed by atoms with Crippen molar-refractivity contribution in [3.05, 3.63) is 41.3 Å². The Morgan fingerprint density at radius 1 is 1.00 bits per heavy atom. The number of hydrogen-bond acceptors (Lipinski definition) is 7. The second-order valence-electron chi connectivity index (χ2n) is 10.8. The van der Waals surface area contributed by atoms with Crippen LogP contribution in [0.5, 0.6) is 5.75 Å². The monoisotopic (exact) mass is 533 g/mol. The van der Waals surface area contributed by atoms with Gasteiger partial charge >= 0.3 is 6.18 Å². The van der Waals surface area contributed by atoms with Crippen molar-refractivity contribution in [2.24, 2.45) is 0 Å². The number of nitrogens with zero attached hydrogens (tertiary/aromatic N) is 5. The Hall–Kier alpha value is -3.21. The third kappa shape index (κ3) is 6.43. The second kappa shape index (κ2) is 10.9. The van der Waals surface area contributed by atoms with Gasteiger partial charge in [0.2, 0.25) is 0 Å². The lowest BCUT2D eigenvalue weighted by atomic mass is 9.95. The van der Waals surface area contributed by atoms with Gasteiger partial charge in [-0.3, -0.25) is 14.5 Å². The molecule has 4 rings (SSSR count). The number of ether oxygens (including phenoxy) is 1. The van der Waals surface area contributed by atoms with Crippen molar-refractivity contribution in [1.82, 2.24) is 14.9 Å². The molecule has 0 unspecified atom stereocenters. The lowest BCUT2D eigenvalue weighted by molar-refractivity contribution is -0.141. The lowest BCUT2D eigenvalue weighted by Gasteiger charge is -2.36. The molecular weight excluding hydrogens is 499 g/mol. The molecule has 0 bridgehead atoms. The van der Waals surface area contributed by atoms with Gasteiger partial charge in [0.25, 0.3) is 5.91 Å². The van der Waals surface area contributed by atoms with Crippen LogP contribution in [0.1, 0.15) is 62.4 Å². The largest absolute Gasteiger partial charge is 0.482 e. The molecule has 0 N–H and O–H groups in total. The molecule has 1 aromatic carbocycles. The molecule has 0 atom stereocenters. The first-order valence-electron chi connectivity index (χ1n) is 12.8. The highest BCUT2D eigenvalue weighted by atomic mass is 19.4. The number of halogens is 3. The summed E-state index contributed by atoms with van der Waals surface area (Å²) in [4.78, 5) is 38.4. The van der Waals surface area contributed by atoms with Crippen molar-refractivity contribution in [3.63, 3.8) is 0 Å². The van der Waals surface area contributed by atoms with E-state index in [-0.39, 0.29) is 24.1 Å². The van der Waals surface area contributed by atoms with E-state index in [0.29, 0.717) is 55.5 Å². The summed E-state index contributed by atoms with van der Waals surface area (Å²) in [5, 5.41) is 0. The van der Waals surface area contributed by atoms with Crippen LogP contribution in [0.4, 0.5) is 24.7 Å². The van der Waals surface area contributed by atoms with Crippen LogP contribution in [0.15, 0.2) is 24.3 Å². The number of Topliss-reactive ketones (excluding diaryl/α,β-unsaturated/α-hetero) is 1. The molecule has 2 aliphatic rings. The summed E-state index contributed by atoms with van der Waals surface area (Å²) in [5.74, 6) is 0.880. The van der Waals surface area contributed by atoms with Crippen LogP contribution >= 0.6 is 0 Å². The van der Waals surface area contributed by atoms with E-state index in [0.717, 1.165) is 25.5 Å². The van der Waals surface area contributed by atoms with E-state index in [2.05, 4.69) is 14.9 Å². The maximum Gasteiger partial charge on any atom is 0.433 e. The maximum absolute atomic E-state index is 13.5. The molecular formula is C27H34F3N5O3. The molecule has 8 nitrogen and oxygen atoms in total. The number of carbonyl (C=O) groups excluding carboxylic acids is 2. The topological polar surface area (TPSA) is 78.9 Å². The van der Waals surface area contributed by atoms with E-state index in [1.165, 1.54) is 6.92 Å². The van der Waals surface area contributed by atoms with Crippen LogP contribution in [0.2, 0.25) is 0 Å². The van der Waals surface area contributed by atoms with Crippen molar-refractivity contribution in [2.45, 2.75) is 52.1 Å². The van der Waals surface area contributed by atoms with Crippen molar-refractivity contribution >= 4 is 23.2 Å². The molecule has 1 saturated heterocycles. The summed E-state index contributed by atoms with van der Waals surface area (Å²) in [6.45, 7) is 10.8. The zero-order chi connectivity index (χ0) is 27.7. The van der Waals surface area contributed by atoms with E-state index in [1.54, 1.807) is 43.9 Å². The standard InChI is InChI=1S/C27H34F3N5O3/c1-18(36)19-7-8-21-20(15-19)35(24(37)17-38-21)10-6-5-9-33-11-13-34(14-12-33)23-16-22(27(28,29)30)31-25(32-23)26(2,3)4/h7-8,15-16H,5-6,9-14,17H2,1-4H3. The molecule has 1 aromatic heterocycles. The lowest BCUT2D eigenvalue weighted by Crippen LogP contribution is -2.47. The Morgan fingerprint density at radius 3 is 2.32 bits per heavy atom. The van der Waals surface area contributed by atoms with Crippen molar-refractivity contribution in [3.8, 4) is 5.75 Å². The van der Waals surface area contributed by atoms with E-state index in [9.17, 15) is 22.8 Å². The van der Waals surface area contributed by atoms with Gasteiger partial charge in [0.05, 0.1) is 5.69 Å². The number of hydrogen-bond donors (Lipinski definition) is 0. The molecule has 11 heteroatoms. The number of benzene rings is 1. The fraction of sp³-hybridized carbons (Fsp3) is 0.556. The van der Waals surface area contributed by atoms with Gasteiger partial charge in [-0.1, -0.05) is 20.8 Å². The Morgan fingerprint density at radius 2 is 1.68 bits per heavy atom. The number of fused-ring (bicyclic) bond motifs is 1. The first-order valence-corrected chi connectivity index (χ1v) is 12.8. The van der Waals surface area contributed by atoms with Crippen molar-refractivity contribution < 1.29 is 27.5 Å². The zero-order valence-electron chi connectivity index (χ0n) is 22.3. The number of rotatable bonds is 7. The van der Waals surface area contributed by atoms with Gasteiger partial charge < -0.3 is 14.5 Å². The summed E-state index contributed by atoms with van der Waals surface area (Å²) in [6, 6.07) is 6.17. The fourth-order valence-electron chi connectivity index (χ4n) is 4.55. The van der Waals surface area contributed by atoms with Crippen molar-refractivity contribution in [1.29, 1.82) is 0 Å². The molecule has 1 fully saturated rings. The number of amides is 1. The molecule has 0 saturated carbocycles. The number of aromatic nitrogens is 2. The smallest absolute Gasteiger partial charge is 0.433 e. The average Bonchev–Trinajstić information content (AvgIpc) is 2.86. The predicted molar refractivity (Wildman–Crippen MR) is 138 cm³/mol. The minimum atomic E-state index is -4.53. The normalized spacial score (nSPS) is 16.9. The summed E-state index contributed by atoms with van der Waals surface area (Å²) in [5.41, 5.74) is -0.358. The van der Waals surface area contributed by atoms with Crippen LogP contribution in [0.25, 0.3) is 0 Å². The quantitative estimate of drug-likeness (QED) is 0.387. The summed E-state index contributed by atoms with van der Waals surface area (Å²) >= 11 is 0. The molecule has 3 heterocycles. The molecule has 0 aliphatic carbocycles. The minimum Gasteiger partial charge on any atom is -0.482 e. The first kappa shape index (κ1) is 27.8. The highest BCUT2D eigenvalue weighted by Crippen LogP contribution is 2.34. The number of ketones is 1. The Labute approximate surface area is 220 Å². The molecule has 2 aromatic rings. The van der Waals surface area contributed by atoms with E-state index >= 15 is 0 Å². The highest BCUT2D eigenvalue weighted by Gasteiger charge is 2.36. The Balaban J connectivity index is 1.31. The van der Waals surface area contributed by atoms with Gasteiger partial charge in [-0.25, -0.2) is 9.97 Å². The first-order chi connectivity index (χ1) is 17.8. The average molecular weight is 534 g/mol. The van der Waals surface area contributed by atoms with Crippen LogP contribution < -0.4 is 14.5 Å². The summed E-state index contributed by atoms with van der Waals surface area (Å²) in [7, 11) is 0. The predicted octanol–water partition coefficient (Wildman–Crippen LogP) is 4.32. The van der Waals surface area contributed by atoms with Gasteiger partial charge in [0.1, 0.15) is 23.1 Å². The zero-order valence-corrected chi connectivity index (χ0v) is 22.3. The molecule has 206 valence electrons. The fourth-order valence-corrected chi connectivity index (χ4v) is 4.55. The number of carbonyl (C=O) groups is 2. The summed E-state index contributed by atoms with van der Waals surface area (Å²) in [6.07, 6.45) is -2.91. The number of unbranched alkanes of at least 4 members (excludes halogenated alkanes) is 1. The second-order valence-corrected chi connectivity index (χ2v) is 10.8. The molecule has 2 aliphatic heterocycles. The van der Waals surface area contributed by atoms with Gasteiger partial charge in [0, 0.05) is 49.8 Å². The van der Waals surface area contributed by atoms with Crippen LogP contribution in [-0.4, -0.2) is 72.4 Å². The van der Waals surface area contributed by atoms with E-state index in [1.807, 2.05) is 4.90 Å². The van der Waals surface area contributed by atoms with Crippen LogP contribution in [-0.2, 0) is 16.4 Å². The highest BCUT2D eigenvalue weighted by molar-refractivity contribution is 6.01. The van der Waals surface area contributed by atoms with Gasteiger partial charge in [-0.2, -0.15) is 13.2 Å². The van der Waals surface area contributed by atoms with E-state index in [4.69, 9.17) is 4.74 Å². The van der Waals surface area contributed by atoms with Gasteiger partial charge in [-0.15, -0.1) is 0 Å². The number of anilines is 2. The molecule has 0 spiro atoms. The minimum absolute atomic E-state index is 0.0234. The van der Waals surface area contributed by atoms with Crippen LogP contribution in [0, 0.1) is 0 Å². The number of piperazine rings is 1. The van der Waals surface area contributed by atoms with Gasteiger partial charge in [0.15, 0.2) is 12.4 Å². The third-order valence-corrected chi connectivity index (χ3v) is 6.78. The Kier molecular flexibility index (Phi) is 7.96. The summed E-state index contributed by atoms with van der Waals surface area (Å²) < 4.78 is 45.9. The maximum atomic E-state index is 13.5. The molecule has 1 amide bonds. The van der Waals surface area contributed by atoms with Gasteiger partial charge in [-0.05, 0) is 44.5 Å². The van der Waals surface area contributed by atoms with Crippen molar-refractivity contribution in [2.75, 3.05) is 55.7 Å². The van der Waals surface area contributed by atoms with Crippen LogP contribution in [0.3, 0.4) is 0 Å². The Bertz CT molecular complexity index is 1160. The molecule has 38 heavy (non-hydrogen) atoms.